The van der Waals surface area contributed by atoms with Crippen molar-refractivity contribution in [2.75, 3.05) is 16.8 Å². The van der Waals surface area contributed by atoms with E-state index in [2.05, 4.69) is 15.3 Å². The van der Waals surface area contributed by atoms with Gasteiger partial charge in [0, 0.05) is 42.8 Å². The predicted molar refractivity (Wildman–Crippen MR) is 138 cm³/mol. The monoisotopic (exact) mass is 560 g/mol. The van der Waals surface area contributed by atoms with Crippen LogP contribution in [-0.2, 0) is 29.0 Å². The Morgan fingerprint density at radius 3 is 2.33 bits per heavy atom. The van der Waals surface area contributed by atoms with Crippen LogP contribution in [0.5, 0.6) is 0 Å². The number of benzene rings is 1. The molecule has 1 saturated carbocycles. The van der Waals surface area contributed by atoms with Crippen molar-refractivity contribution in [3.05, 3.63) is 77.2 Å². The quantitative estimate of drug-likeness (QED) is 0.436. The fraction of sp³-hybridized carbons (Fsp3) is 0.370. The summed E-state index contributed by atoms with van der Waals surface area (Å²) in [4.78, 5) is 21.7. The van der Waals surface area contributed by atoms with E-state index in [1.54, 1.807) is 24.3 Å². The molecule has 0 spiro atoms. The zero-order chi connectivity index (χ0) is 27.8. The molecule has 0 saturated heterocycles. The van der Waals surface area contributed by atoms with Crippen LogP contribution >= 0.6 is 0 Å². The molecular weight excluding hydrogens is 533 g/mol. The molecule has 8 nitrogen and oxygen atoms in total. The highest BCUT2D eigenvalue weighted by molar-refractivity contribution is 7.92. The van der Waals surface area contributed by atoms with Crippen molar-refractivity contribution < 1.29 is 31.5 Å². The number of nitrogens with one attached hydrogen (secondary N) is 1. The summed E-state index contributed by atoms with van der Waals surface area (Å²) in [5.41, 5.74) is 1.65. The van der Waals surface area contributed by atoms with Gasteiger partial charge in [-0.15, -0.1) is 0 Å². The summed E-state index contributed by atoms with van der Waals surface area (Å²) in [7, 11) is -3.57. The van der Waals surface area contributed by atoms with Gasteiger partial charge in [0.1, 0.15) is 5.82 Å². The molecule has 0 radical (unpaired) electrons. The van der Waals surface area contributed by atoms with Crippen molar-refractivity contribution in [3.63, 3.8) is 0 Å². The number of halogens is 3. The molecule has 39 heavy (non-hydrogen) atoms. The molecule has 0 bridgehead atoms. The van der Waals surface area contributed by atoms with E-state index in [0.717, 1.165) is 23.5 Å². The summed E-state index contributed by atoms with van der Waals surface area (Å²) in [6, 6.07) is 10.7. The van der Waals surface area contributed by atoms with Gasteiger partial charge in [-0.25, -0.2) is 23.2 Å². The Kier molecular flexibility index (Phi) is 7.23. The normalized spacial score (nSPS) is 19.8. The first-order chi connectivity index (χ1) is 18.5. The van der Waals surface area contributed by atoms with E-state index < -0.39 is 32.8 Å². The van der Waals surface area contributed by atoms with Crippen molar-refractivity contribution in [1.82, 2.24) is 9.97 Å². The maximum atomic E-state index is 13.3. The Bertz CT molecular complexity index is 1450. The average Bonchev–Trinajstić information content (AvgIpc) is 2.92. The molecular formula is C27H27F3N4O4S. The van der Waals surface area contributed by atoms with Crippen LogP contribution in [0.4, 0.5) is 24.7 Å². The summed E-state index contributed by atoms with van der Waals surface area (Å²) in [6.45, 7) is 1.05. The topological polar surface area (TPSA) is 112 Å². The van der Waals surface area contributed by atoms with Crippen LogP contribution in [0.25, 0.3) is 0 Å². The van der Waals surface area contributed by atoms with Crippen molar-refractivity contribution in [1.29, 1.82) is 0 Å². The first-order valence-electron chi connectivity index (χ1n) is 12.6. The molecule has 12 heteroatoms. The zero-order valence-corrected chi connectivity index (χ0v) is 21.7. The van der Waals surface area contributed by atoms with Crippen LogP contribution in [0.1, 0.15) is 52.9 Å². The van der Waals surface area contributed by atoms with Crippen LogP contribution < -0.4 is 10.2 Å². The van der Waals surface area contributed by atoms with Crippen LogP contribution in [0, 0.1) is 0 Å². The maximum Gasteiger partial charge on any atom is 0.417 e. The van der Waals surface area contributed by atoms with Crippen LogP contribution in [0.2, 0.25) is 0 Å². The number of nitrogens with zero attached hydrogens (tertiary/aromatic N) is 3. The van der Waals surface area contributed by atoms with Gasteiger partial charge in [0.25, 0.3) is 0 Å². The Morgan fingerprint density at radius 1 is 1.00 bits per heavy atom. The SMILES string of the molecule is O=C(O)c1nccc2c1CN(c1ccc(S(=O)(=O)C3CCC(Nc4ccc(C(F)(F)F)cn4)CC3)cc1)CC2. The van der Waals surface area contributed by atoms with Gasteiger partial charge in [0.05, 0.1) is 15.7 Å². The molecule has 5 rings (SSSR count). The highest BCUT2D eigenvalue weighted by Crippen LogP contribution is 2.33. The van der Waals surface area contributed by atoms with E-state index >= 15 is 0 Å². The number of carbonyl (C=O) groups is 1. The molecule has 1 aliphatic carbocycles. The first kappa shape index (κ1) is 26.9. The Labute approximate surface area is 223 Å². The Balaban J connectivity index is 1.20. The minimum absolute atomic E-state index is 0.0376. The predicted octanol–water partition coefficient (Wildman–Crippen LogP) is 4.95. The number of hydrogen-bond acceptors (Lipinski definition) is 7. The molecule has 1 fully saturated rings. The second-order valence-electron chi connectivity index (χ2n) is 9.86. The molecule has 3 aromatic rings. The third kappa shape index (κ3) is 5.70. The number of anilines is 2. The van der Waals surface area contributed by atoms with Gasteiger partial charge in [-0.1, -0.05) is 0 Å². The molecule has 3 heterocycles. The van der Waals surface area contributed by atoms with Gasteiger partial charge in [-0.2, -0.15) is 13.2 Å². The molecule has 2 aromatic heterocycles. The molecule has 2 N–H and O–H groups in total. The number of alkyl halides is 3. The maximum absolute atomic E-state index is 13.3. The van der Waals surface area contributed by atoms with Crippen molar-refractivity contribution in [2.24, 2.45) is 0 Å². The van der Waals surface area contributed by atoms with E-state index in [1.807, 2.05) is 11.0 Å². The van der Waals surface area contributed by atoms with Crippen molar-refractivity contribution in [2.45, 2.75) is 61.0 Å². The standard InChI is InChI=1S/C27H27F3N4O4S/c28-27(29,30)18-1-10-24(32-15-18)33-19-2-6-21(7-3-19)39(37,38)22-8-4-20(5-9-22)34-14-12-17-11-13-31-25(26(35)36)23(17)16-34/h1,4-5,8-11,13,15,19,21H,2-3,6-7,12,14,16H2,(H,32,33)(H,35,36). The number of sulfone groups is 1. The van der Waals surface area contributed by atoms with E-state index in [0.29, 0.717) is 56.6 Å². The summed E-state index contributed by atoms with van der Waals surface area (Å²) in [5.74, 6) is -0.743. The largest absolute Gasteiger partial charge is 0.477 e. The summed E-state index contributed by atoms with van der Waals surface area (Å²) < 4.78 is 64.9. The van der Waals surface area contributed by atoms with Gasteiger partial charge in [-0.05, 0) is 80.1 Å². The Morgan fingerprint density at radius 2 is 1.72 bits per heavy atom. The number of aromatic carboxylic acids is 1. The summed E-state index contributed by atoms with van der Waals surface area (Å²) in [6.07, 6.45) is 0.468. The van der Waals surface area contributed by atoms with Gasteiger partial charge in [0.2, 0.25) is 0 Å². The minimum atomic E-state index is -4.45. The molecule has 0 atom stereocenters. The fourth-order valence-electron chi connectivity index (χ4n) is 5.29. The van der Waals surface area contributed by atoms with Crippen molar-refractivity contribution >= 4 is 27.3 Å². The highest BCUT2D eigenvalue weighted by atomic mass is 32.2. The third-order valence-electron chi connectivity index (χ3n) is 7.44. The lowest BCUT2D eigenvalue weighted by Crippen LogP contribution is -2.33. The average molecular weight is 561 g/mol. The molecule has 1 aromatic carbocycles. The number of aromatic nitrogens is 2. The van der Waals surface area contributed by atoms with Gasteiger partial charge >= 0.3 is 12.1 Å². The highest BCUT2D eigenvalue weighted by Gasteiger charge is 2.33. The molecule has 2 aliphatic rings. The lowest BCUT2D eigenvalue weighted by Gasteiger charge is -2.31. The van der Waals surface area contributed by atoms with Crippen molar-refractivity contribution in [3.8, 4) is 0 Å². The lowest BCUT2D eigenvalue weighted by molar-refractivity contribution is -0.137. The van der Waals surface area contributed by atoms with E-state index in [1.165, 1.54) is 12.3 Å². The van der Waals surface area contributed by atoms with Crippen LogP contribution in [-0.4, -0.2) is 47.3 Å². The van der Waals surface area contributed by atoms with Gasteiger partial charge < -0.3 is 15.3 Å². The molecule has 206 valence electrons. The van der Waals surface area contributed by atoms with E-state index in [9.17, 15) is 31.5 Å². The third-order valence-corrected chi connectivity index (χ3v) is 9.72. The first-order valence-corrected chi connectivity index (χ1v) is 14.2. The van der Waals surface area contributed by atoms with E-state index in [4.69, 9.17) is 0 Å². The zero-order valence-electron chi connectivity index (χ0n) is 20.9. The van der Waals surface area contributed by atoms with Gasteiger partial charge in [0.15, 0.2) is 15.5 Å². The number of carboxylic acids is 1. The summed E-state index contributed by atoms with van der Waals surface area (Å²) >= 11 is 0. The minimum Gasteiger partial charge on any atom is -0.477 e. The van der Waals surface area contributed by atoms with Crippen LogP contribution in [0.15, 0.2) is 59.8 Å². The molecule has 0 amide bonds. The number of carboxylic acid groups (broad SMARTS) is 1. The smallest absolute Gasteiger partial charge is 0.417 e. The number of hydrogen-bond donors (Lipinski definition) is 2. The lowest BCUT2D eigenvalue weighted by atomic mass is 9.95. The second kappa shape index (κ2) is 10.5. The van der Waals surface area contributed by atoms with E-state index in [-0.39, 0.29) is 16.6 Å². The van der Waals surface area contributed by atoms with Gasteiger partial charge in [-0.3, -0.25) is 0 Å². The summed E-state index contributed by atoms with van der Waals surface area (Å²) in [5, 5.41) is 12.0. The number of pyridine rings is 2. The van der Waals surface area contributed by atoms with Crippen LogP contribution in [0.3, 0.4) is 0 Å². The number of rotatable bonds is 6. The molecule has 0 unspecified atom stereocenters. The number of fused-ring (bicyclic) bond motifs is 1. The molecule has 1 aliphatic heterocycles. The Hall–Kier alpha value is -3.67. The fourth-order valence-corrected chi connectivity index (χ4v) is 7.08. The second-order valence-corrected chi connectivity index (χ2v) is 12.1.